The Kier molecular flexibility index (Phi) is 5.56. The van der Waals surface area contributed by atoms with Crippen molar-refractivity contribution in [3.63, 3.8) is 0 Å². The SMILES string of the molecule is CN1CCC2(CCN(c3cc(Cl)ncc3-c3ccc(N4CCOCC4)nc3)CC2)C1. The van der Waals surface area contributed by atoms with Gasteiger partial charge in [-0.15, -0.1) is 0 Å². The second-order valence-corrected chi connectivity index (χ2v) is 9.39. The standard InChI is InChI=1S/C23H30ClN5O/c1-27-7-4-23(17-27)5-8-28(9-6-23)20-14-21(24)25-16-19(20)18-2-3-22(26-15-18)29-10-12-30-13-11-29/h2-3,14-16H,4-13,17H2,1H3. The van der Waals surface area contributed by atoms with Crippen LogP contribution in [0.2, 0.25) is 5.15 Å². The summed E-state index contributed by atoms with van der Waals surface area (Å²) in [6.45, 7) is 7.92. The number of hydrogen-bond acceptors (Lipinski definition) is 6. The lowest BCUT2D eigenvalue weighted by Gasteiger charge is -2.41. The Hall–Kier alpha value is -1.89. The number of likely N-dealkylation sites (tertiary alicyclic amines) is 1. The van der Waals surface area contributed by atoms with Crippen LogP contribution in [0.5, 0.6) is 0 Å². The summed E-state index contributed by atoms with van der Waals surface area (Å²) in [6, 6.07) is 6.29. The zero-order valence-electron chi connectivity index (χ0n) is 17.7. The topological polar surface area (TPSA) is 44.7 Å². The number of halogens is 1. The lowest BCUT2D eigenvalue weighted by atomic mass is 9.77. The highest BCUT2D eigenvalue weighted by atomic mass is 35.5. The van der Waals surface area contributed by atoms with Crippen molar-refractivity contribution in [3.8, 4) is 11.1 Å². The maximum absolute atomic E-state index is 6.31. The van der Waals surface area contributed by atoms with Crippen LogP contribution in [0.4, 0.5) is 11.5 Å². The molecular formula is C23H30ClN5O. The Morgan fingerprint density at radius 3 is 2.37 bits per heavy atom. The van der Waals surface area contributed by atoms with E-state index in [1.165, 1.54) is 38.0 Å². The minimum Gasteiger partial charge on any atom is -0.378 e. The van der Waals surface area contributed by atoms with E-state index in [1.54, 1.807) is 0 Å². The van der Waals surface area contributed by atoms with Crippen LogP contribution in [0.15, 0.2) is 30.6 Å². The van der Waals surface area contributed by atoms with Gasteiger partial charge in [0.25, 0.3) is 0 Å². The Morgan fingerprint density at radius 1 is 0.933 bits per heavy atom. The first-order valence-corrected chi connectivity index (χ1v) is 11.4. The van der Waals surface area contributed by atoms with Gasteiger partial charge in [-0.05, 0) is 56.5 Å². The highest BCUT2D eigenvalue weighted by Crippen LogP contribution is 2.42. The van der Waals surface area contributed by atoms with E-state index in [2.05, 4.69) is 38.9 Å². The van der Waals surface area contributed by atoms with E-state index in [0.29, 0.717) is 10.6 Å². The predicted molar refractivity (Wildman–Crippen MR) is 122 cm³/mol. The molecular weight excluding hydrogens is 398 g/mol. The van der Waals surface area contributed by atoms with Gasteiger partial charge in [0.2, 0.25) is 0 Å². The first-order chi connectivity index (χ1) is 14.6. The molecule has 3 saturated heterocycles. The fourth-order valence-electron chi connectivity index (χ4n) is 5.22. The van der Waals surface area contributed by atoms with Gasteiger partial charge in [-0.1, -0.05) is 11.6 Å². The second kappa shape index (κ2) is 8.33. The van der Waals surface area contributed by atoms with Crippen LogP contribution in [-0.2, 0) is 4.74 Å². The van der Waals surface area contributed by atoms with Gasteiger partial charge in [-0.25, -0.2) is 9.97 Å². The number of nitrogens with zero attached hydrogens (tertiary/aromatic N) is 5. The normalized spacial score (nSPS) is 22.1. The molecule has 0 radical (unpaired) electrons. The van der Waals surface area contributed by atoms with Gasteiger partial charge in [-0.3, -0.25) is 0 Å². The molecule has 0 aromatic carbocycles. The average Bonchev–Trinajstić information content (AvgIpc) is 3.15. The Labute approximate surface area is 183 Å². The Bertz CT molecular complexity index is 876. The molecule has 30 heavy (non-hydrogen) atoms. The zero-order valence-corrected chi connectivity index (χ0v) is 18.4. The summed E-state index contributed by atoms with van der Waals surface area (Å²) >= 11 is 6.31. The van der Waals surface area contributed by atoms with Crippen LogP contribution in [-0.4, -0.2) is 74.4 Å². The van der Waals surface area contributed by atoms with Gasteiger partial charge >= 0.3 is 0 Å². The molecule has 0 N–H and O–H groups in total. The Morgan fingerprint density at radius 2 is 1.70 bits per heavy atom. The molecule has 6 nitrogen and oxygen atoms in total. The fraction of sp³-hybridized carbons (Fsp3) is 0.565. The molecule has 0 saturated carbocycles. The smallest absolute Gasteiger partial charge is 0.131 e. The first-order valence-electron chi connectivity index (χ1n) is 11.0. The highest BCUT2D eigenvalue weighted by molar-refractivity contribution is 6.29. The number of anilines is 2. The van der Waals surface area contributed by atoms with E-state index < -0.39 is 0 Å². The number of hydrogen-bond donors (Lipinski definition) is 0. The molecule has 0 amide bonds. The average molecular weight is 428 g/mol. The molecule has 0 aliphatic carbocycles. The van der Waals surface area contributed by atoms with Crippen LogP contribution < -0.4 is 9.80 Å². The molecule has 160 valence electrons. The van der Waals surface area contributed by atoms with Crippen molar-refractivity contribution in [3.05, 3.63) is 35.7 Å². The lowest BCUT2D eigenvalue weighted by molar-refractivity contribution is 0.122. The molecule has 0 bridgehead atoms. The van der Waals surface area contributed by atoms with Crippen molar-refractivity contribution in [2.45, 2.75) is 19.3 Å². The van der Waals surface area contributed by atoms with E-state index in [0.717, 1.165) is 56.3 Å². The van der Waals surface area contributed by atoms with Crippen molar-refractivity contribution in [1.82, 2.24) is 14.9 Å². The summed E-state index contributed by atoms with van der Waals surface area (Å²) in [5, 5.41) is 0.549. The Balaban J connectivity index is 1.36. The third-order valence-corrected chi connectivity index (χ3v) is 7.24. The molecule has 0 unspecified atom stereocenters. The largest absolute Gasteiger partial charge is 0.378 e. The van der Waals surface area contributed by atoms with Crippen molar-refractivity contribution >= 4 is 23.1 Å². The van der Waals surface area contributed by atoms with Crippen LogP contribution in [0.3, 0.4) is 0 Å². The van der Waals surface area contributed by atoms with E-state index >= 15 is 0 Å². The number of rotatable bonds is 3. The van der Waals surface area contributed by atoms with Crippen molar-refractivity contribution in [1.29, 1.82) is 0 Å². The zero-order chi connectivity index (χ0) is 20.6. The van der Waals surface area contributed by atoms with Crippen LogP contribution >= 0.6 is 11.6 Å². The summed E-state index contributed by atoms with van der Waals surface area (Å²) in [4.78, 5) is 16.4. The van der Waals surface area contributed by atoms with Crippen molar-refractivity contribution in [2.75, 3.05) is 69.3 Å². The molecule has 5 rings (SSSR count). The quantitative estimate of drug-likeness (QED) is 0.698. The molecule has 2 aromatic heterocycles. The number of piperidine rings is 1. The lowest BCUT2D eigenvalue weighted by Crippen LogP contribution is -2.41. The summed E-state index contributed by atoms with van der Waals surface area (Å²) in [6.07, 6.45) is 7.68. The molecule has 1 spiro atoms. The van der Waals surface area contributed by atoms with E-state index in [9.17, 15) is 0 Å². The molecule has 3 aliphatic rings. The van der Waals surface area contributed by atoms with Crippen molar-refractivity contribution in [2.24, 2.45) is 5.41 Å². The minimum absolute atomic E-state index is 0.504. The van der Waals surface area contributed by atoms with E-state index in [4.69, 9.17) is 21.3 Å². The number of aromatic nitrogens is 2. The second-order valence-electron chi connectivity index (χ2n) is 9.00. The van der Waals surface area contributed by atoms with Gasteiger partial charge in [-0.2, -0.15) is 0 Å². The highest BCUT2D eigenvalue weighted by Gasteiger charge is 2.39. The fourth-order valence-corrected chi connectivity index (χ4v) is 5.37. The number of ether oxygens (including phenoxy) is 1. The van der Waals surface area contributed by atoms with Crippen molar-refractivity contribution < 1.29 is 4.74 Å². The van der Waals surface area contributed by atoms with Crippen LogP contribution in [0.1, 0.15) is 19.3 Å². The van der Waals surface area contributed by atoms with Gasteiger partial charge in [0.05, 0.1) is 13.2 Å². The minimum atomic E-state index is 0.504. The van der Waals surface area contributed by atoms with Gasteiger partial charge in [0.15, 0.2) is 0 Å². The molecule has 5 heterocycles. The third kappa shape index (κ3) is 4.01. The predicted octanol–water partition coefficient (Wildman–Crippen LogP) is 3.56. The van der Waals surface area contributed by atoms with Gasteiger partial charge in [0, 0.05) is 61.9 Å². The van der Waals surface area contributed by atoms with E-state index in [1.807, 2.05) is 18.5 Å². The number of morpholine rings is 1. The molecule has 3 fully saturated rings. The molecule has 2 aromatic rings. The monoisotopic (exact) mass is 427 g/mol. The summed E-state index contributed by atoms with van der Waals surface area (Å²) in [5.41, 5.74) is 3.88. The summed E-state index contributed by atoms with van der Waals surface area (Å²) in [7, 11) is 2.25. The summed E-state index contributed by atoms with van der Waals surface area (Å²) < 4.78 is 5.45. The van der Waals surface area contributed by atoms with Gasteiger partial charge < -0.3 is 19.4 Å². The van der Waals surface area contributed by atoms with Gasteiger partial charge in [0.1, 0.15) is 11.0 Å². The third-order valence-electron chi connectivity index (χ3n) is 7.04. The maximum Gasteiger partial charge on any atom is 0.131 e. The first kappa shape index (κ1) is 20.0. The summed E-state index contributed by atoms with van der Waals surface area (Å²) in [5.74, 6) is 1.01. The van der Waals surface area contributed by atoms with Crippen LogP contribution in [0.25, 0.3) is 11.1 Å². The molecule has 3 aliphatic heterocycles. The molecule has 0 atom stereocenters. The van der Waals surface area contributed by atoms with E-state index in [-0.39, 0.29) is 0 Å². The number of pyridine rings is 2. The molecule has 7 heteroatoms. The maximum atomic E-state index is 6.31. The van der Waals surface area contributed by atoms with Crippen LogP contribution in [0, 0.1) is 5.41 Å².